The lowest BCUT2D eigenvalue weighted by molar-refractivity contribution is 0.0642. The Morgan fingerprint density at radius 2 is 2.28 bits per heavy atom. The molecule has 0 aliphatic carbocycles. The molecular formula is C16H13F2N5O2. The van der Waals surface area contributed by atoms with E-state index in [4.69, 9.17) is 4.42 Å². The third-order valence-corrected chi connectivity index (χ3v) is 4.18. The summed E-state index contributed by atoms with van der Waals surface area (Å²) in [7, 11) is 0. The van der Waals surface area contributed by atoms with Crippen molar-refractivity contribution in [3.05, 3.63) is 65.7 Å². The molecule has 3 aromatic heterocycles. The van der Waals surface area contributed by atoms with Gasteiger partial charge in [-0.15, -0.1) is 0 Å². The van der Waals surface area contributed by atoms with Crippen molar-refractivity contribution in [1.82, 2.24) is 24.8 Å². The number of imidazole rings is 1. The number of oxazole rings is 1. The van der Waals surface area contributed by atoms with Crippen molar-refractivity contribution in [2.75, 3.05) is 6.54 Å². The summed E-state index contributed by atoms with van der Waals surface area (Å²) in [5.74, 6) is -1.09. The van der Waals surface area contributed by atoms with Crippen LogP contribution in [0, 0.1) is 0 Å². The van der Waals surface area contributed by atoms with Gasteiger partial charge < -0.3 is 14.3 Å². The smallest absolute Gasteiger partial charge is 0.292 e. The highest BCUT2D eigenvalue weighted by Crippen LogP contribution is 2.35. The number of aromatic amines is 1. The number of pyridine rings is 1. The molecule has 1 aliphatic heterocycles. The second-order valence-corrected chi connectivity index (χ2v) is 5.57. The van der Waals surface area contributed by atoms with E-state index in [0.717, 1.165) is 17.7 Å². The fourth-order valence-electron chi connectivity index (χ4n) is 3.07. The van der Waals surface area contributed by atoms with Crippen LogP contribution < -0.4 is 0 Å². The SMILES string of the molecule is O=C(c1ocnc1C(F)F)N1CCc2[nH]cnc2C1c1cccnc1. The number of aromatic nitrogens is 4. The molecule has 128 valence electrons. The van der Waals surface area contributed by atoms with E-state index < -0.39 is 29.8 Å². The van der Waals surface area contributed by atoms with Gasteiger partial charge in [0, 0.05) is 31.1 Å². The standard InChI is InChI=1S/C16H13F2N5O2/c17-15(18)12-14(25-8-22-12)16(24)23-5-3-10-11(21-7-20-10)13(23)9-2-1-4-19-6-9/h1-2,4,6-8,13,15H,3,5H2,(H,20,21). The number of alkyl halides is 2. The maximum Gasteiger partial charge on any atom is 0.292 e. The second-order valence-electron chi connectivity index (χ2n) is 5.57. The molecule has 1 unspecified atom stereocenters. The van der Waals surface area contributed by atoms with Gasteiger partial charge in [-0.05, 0) is 11.6 Å². The van der Waals surface area contributed by atoms with Crippen LogP contribution in [0.2, 0.25) is 0 Å². The first kappa shape index (κ1) is 15.4. The summed E-state index contributed by atoms with van der Waals surface area (Å²) in [5.41, 5.74) is 1.67. The van der Waals surface area contributed by atoms with E-state index in [1.807, 2.05) is 6.07 Å². The van der Waals surface area contributed by atoms with Gasteiger partial charge in [0.15, 0.2) is 12.1 Å². The van der Waals surface area contributed by atoms with Crippen molar-refractivity contribution >= 4 is 5.91 Å². The first-order valence-electron chi connectivity index (χ1n) is 7.61. The minimum Gasteiger partial charge on any atom is -0.438 e. The van der Waals surface area contributed by atoms with Crippen molar-refractivity contribution in [1.29, 1.82) is 0 Å². The monoisotopic (exact) mass is 345 g/mol. The molecule has 0 spiro atoms. The number of hydrogen-bond donors (Lipinski definition) is 1. The van der Waals surface area contributed by atoms with Crippen LogP contribution in [0.1, 0.15) is 45.7 Å². The summed E-state index contributed by atoms with van der Waals surface area (Å²) in [6, 6.07) is 3.03. The highest BCUT2D eigenvalue weighted by Gasteiger charge is 2.37. The van der Waals surface area contributed by atoms with Gasteiger partial charge in [-0.25, -0.2) is 18.7 Å². The van der Waals surface area contributed by atoms with Crippen molar-refractivity contribution < 1.29 is 18.0 Å². The van der Waals surface area contributed by atoms with Gasteiger partial charge >= 0.3 is 0 Å². The topological polar surface area (TPSA) is 87.9 Å². The van der Waals surface area contributed by atoms with E-state index in [9.17, 15) is 13.6 Å². The molecule has 0 saturated heterocycles. The molecule has 1 amide bonds. The van der Waals surface area contributed by atoms with Crippen LogP contribution in [-0.2, 0) is 6.42 Å². The second kappa shape index (κ2) is 6.08. The average molecular weight is 345 g/mol. The van der Waals surface area contributed by atoms with Gasteiger partial charge in [-0.2, -0.15) is 0 Å². The van der Waals surface area contributed by atoms with Crippen molar-refractivity contribution in [2.24, 2.45) is 0 Å². The van der Waals surface area contributed by atoms with E-state index in [-0.39, 0.29) is 0 Å². The Balaban J connectivity index is 1.78. The van der Waals surface area contributed by atoms with E-state index in [0.29, 0.717) is 18.7 Å². The van der Waals surface area contributed by atoms with Gasteiger partial charge in [-0.1, -0.05) is 6.07 Å². The number of halogens is 2. The maximum absolute atomic E-state index is 13.1. The quantitative estimate of drug-likeness (QED) is 0.788. The summed E-state index contributed by atoms with van der Waals surface area (Å²) in [6.07, 6.45) is 3.31. The molecule has 7 nitrogen and oxygen atoms in total. The van der Waals surface area contributed by atoms with Crippen LogP contribution in [0.3, 0.4) is 0 Å². The predicted octanol–water partition coefficient (Wildman–Crippen LogP) is 2.52. The molecule has 3 aromatic rings. The molecule has 0 aromatic carbocycles. The summed E-state index contributed by atoms with van der Waals surface area (Å²) < 4.78 is 31.1. The van der Waals surface area contributed by atoms with Crippen molar-refractivity contribution in [3.8, 4) is 0 Å². The molecule has 0 bridgehead atoms. The highest BCUT2D eigenvalue weighted by molar-refractivity contribution is 5.93. The van der Waals surface area contributed by atoms with Crippen LogP contribution in [0.15, 0.2) is 41.7 Å². The number of rotatable bonds is 3. The number of carbonyl (C=O) groups excluding carboxylic acids is 1. The van der Waals surface area contributed by atoms with Gasteiger partial charge in [-0.3, -0.25) is 9.78 Å². The Hall–Kier alpha value is -3.10. The fraction of sp³-hybridized carbons (Fsp3) is 0.250. The van der Waals surface area contributed by atoms with Crippen LogP contribution >= 0.6 is 0 Å². The fourth-order valence-corrected chi connectivity index (χ4v) is 3.07. The molecule has 1 atom stereocenters. The lowest BCUT2D eigenvalue weighted by Crippen LogP contribution is -2.41. The number of fused-ring (bicyclic) bond motifs is 1. The highest BCUT2D eigenvalue weighted by atomic mass is 19.3. The van der Waals surface area contributed by atoms with Crippen molar-refractivity contribution in [3.63, 3.8) is 0 Å². The van der Waals surface area contributed by atoms with Crippen LogP contribution in [0.5, 0.6) is 0 Å². The largest absolute Gasteiger partial charge is 0.438 e. The van der Waals surface area contributed by atoms with Gasteiger partial charge in [0.1, 0.15) is 6.04 Å². The zero-order valence-corrected chi connectivity index (χ0v) is 12.9. The Morgan fingerprint density at radius 3 is 3.04 bits per heavy atom. The molecule has 25 heavy (non-hydrogen) atoms. The third kappa shape index (κ3) is 2.57. The average Bonchev–Trinajstić information content (AvgIpc) is 3.30. The lowest BCUT2D eigenvalue weighted by atomic mass is 9.96. The van der Waals surface area contributed by atoms with Crippen molar-refractivity contribution in [2.45, 2.75) is 18.9 Å². The third-order valence-electron chi connectivity index (χ3n) is 4.18. The predicted molar refractivity (Wildman–Crippen MR) is 80.9 cm³/mol. The van der Waals surface area contributed by atoms with Crippen LogP contribution in [0.25, 0.3) is 0 Å². The van der Waals surface area contributed by atoms with Gasteiger partial charge in [0.05, 0.1) is 12.0 Å². The Morgan fingerprint density at radius 1 is 1.40 bits per heavy atom. The number of H-pyrrole nitrogens is 1. The molecule has 9 heteroatoms. The minimum atomic E-state index is -2.89. The minimum absolute atomic E-state index is 0.330. The Kier molecular flexibility index (Phi) is 3.75. The maximum atomic E-state index is 13.1. The van der Waals surface area contributed by atoms with Crippen LogP contribution in [-0.4, -0.2) is 37.3 Å². The zero-order chi connectivity index (χ0) is 17.4. The number of amides is 1. The number of hydrogen-bond acceptors (Lipinski definition) is 5. The lowest BCUT2D eigenvalue weighted by Gasteiger charge is -2.34. The van der Waals surface area contributed by atoms with E-state index >= 15 is 0 Å². The van der Waals surface area contributed by atoms with Crippen LogP contribution in [0.4, 0.5) is 8.78 Å². The molecule has 1 aliphatic rings. The zero-order valence-electron chi connectivity index (χ0n) is 12.9. The summed E-state index contributed by atoms with van der Waals surface area (Å²) in [6.45, 7) is 0.330. The van der Waals surface area contributed by atoms with E-state index in [2.05, 4.69) is 19.9 Å². The molecule has 4 heterocycles. The molecule has 0 fully saturated rings. The first-order chi connectivity index (χ1) is 12.2. The van der Waals surface area contributed by atoms with Gasteiger partial charge in [0.2, 0.25) is 5.76 Å². The van der Waals surface area contributed by atoms with E-state index in [1.165, 1.54) is 4.90 Å². The summed E-state index contributed by atoms with van der Waals surface area (Å²) in [5, 5.41) is 0. The number of carbonyl (C=O) groups is 1. The molecular weight excluding hydrogens is 332 g/mol. The van der Waals surface area contributed by atoms with E-state index in [1.54, 1.807) is 24.8 Å². The molecule has 0 radical (unpaired) electrons. The summed E-state index contributed by atoms with van der Waals surface area (Å²) >= 11 is 0. The normalized spacial score (nSPS) is 16.9. The number of nitrogens with zero attached hydrogens (tertiary/aromatic N) is 4. The Labute approximate surface area is 140 Å². The summed E-state index contributed by atoms with van der Waals surface area (Å²) in [4.78, 5) is 29.3. The first-order valence-corrected chi connectivity index (χ1v) is 7.61. The van der Waals surface area contributed by atoms with Gasteiger partial charge in [0.25, 0.3) is 12.3 Å². The molecule has 4 rings (SSSR count). The number of nitrogens with one attached hydrogen (secondary N) is 1. The molecule has 1 N–H and O–H groups in total. The molecule has 0 saturated carbocycles. The Bertz CT molecular complexity index is 893.